The van der Waals surface area contributed by atoms with E-state index in [1.54, 1.807) is 11.9 Å². The van der Waals surface area contributed by atoms with Crippen molar-refractivity contribution in [1.82, 2.24) is 0 Å². The number of rotatable bonds is 3. The maximum atomic E-state index is 12.9. The van der Waals surface area contributed by atoms with Gasteiger partial charge in [0.05, 0.1) is 5.56 Å². The summed E-state index contributed by atoms with van der Waals surface area (Å²) in [6.45, 7) is 3.82. The molecule has 2 N–H and O–H groups in total. The van der Waals surface area contributed by atoms with Gasteiger partial charge in [-0.3, -0.25) is 0 Å². The molecule has 0 aliphatic carbocycles. The average molecular weight is 246 g/mol. The molecule has 1 unspecified atom stereocenters. The number of nitrogens with zero attached hydrogens (tertiary/aromatic N) is 1. The summed E-state index contributed by atoms with van der Waals surface area (Å²) in [6, 6.07) is 3.93. The number of halogens is 3. The van der Waals surface area contributed by atoms with Gasteiger partial charge in [0.15, 0.2) is 0 Å². The molecule has 0 aromatic heterocycles. The summed E-state index contributed by atoms with van der Waals surface area (Å²) < 4.78 is 38.6. The highest BCUT2D eigenvalue weighted by molar-refractivity contribution is 5.60. The van der Waals surface area contributed by atoms with Gasteiger partial charge in [-0.15, -0.1) is 0 Å². The van der Waals surface area contributed by atoms with Crippen LogP contribution in [0.5, 0.6) is 0 Å². The molecule has 0 heterocycles. The smallest absolute Gasteiger partial charge is 0.399 e. The lowest BCUT2D eigenvalue weighted by molar-refractivity contribution is -0.137. The molecule has 1 aromatic rings. The Kier molecular flexibility index (Phi) is 3.91. The lowest BCUT2D eigenvalue weighted by Gasteiger charge is -2.29. The van der Waals surface area contributed by atoms with E-state index < -0.39 is 11.7 Å². The Balaban J connectivity index is 3.24. The van der Waals surface area contributed by atoms with Crippen LogP contribution in [0.3, 0.4) is 0 Å². The number of nitrogens with two attached hydrogens (primary N) is 1. The van der Waals surface area contributed by atoms with Crippen molar-refractivity contribution in [3.63, 3.8) is 0 Å². The first-order chi connectivity index (χ1) is 7.77. The highest BCUT2D eigenvalue weighted by Gasteiger charge is 2.35. The van der Waals surface area contributed by atoms with E-state index in [-0.39, 0.29) is 17.4 Å². The van der Waals surface area contributed by atoms with Crippen molar-refractivity contribution in [1.29, 1.82) is 0 Å². The molecule has 17 heavy (non-hydrogen) atoms. The van der Waals surface area contributed by atoms with Gasteiger partial charge in [0.1, 0.15) is 0 Å². The minimum atomic E-state index is -4.38. The van der Waals surface area contributed by atoms with Crippen molar-refractivity contribution in [3.05, 3.63) is 23.8 Å². The minimum Gasteiger partial charge on any atom is -0.399 e. The highest BCUT2D eigenvalue weighted by atomic mass is 19.4. The van der Waals surface area contributed by atoms with E-state index in [4.69, 9.17) is 5.73 Å². The molecule has 0 bridgehead atoms. The monoisotopic (exact) mass is 246 g/mol. The first-order valence-corrected chi connectivity index (χ1v) is 5.47. The Hall–Kier alpha value is -1.39. The Morgan fingerprint density at radius 3 is 2.41 bits per heavy atom. The molecule has 0 amide bonds. The minimum absolute atomic E-state index is 0.0414. The number of alkyl halides is 3. The Bertz CT molecular complexity index is 388. The second-order valence-electron chi connectivity index (χ2n) is 4.14. The van der Waals surface area contributed by atoms with Gasteiger partial charge in [0, 0.05) is 24.5 Å². The predicted octanol–water partition coefficient (Wildman–Crippen LogP) is 3.52. The second-order valence-corrected chi connectivity index (χ2v) is 4.14. The van der Waals surface area contributed by atoms with E-state index in [1.807, 2.05) is 13.8 Å². The molecular formula is C12H17F3N2. The summed E-state index contributed by atoms with van der Waals surface area (Å²) in [5.74, 6) is 0. The van der Waals surface area contributed by atoms with Gasteiger partial charge >= 0.3 is 6.18 Å². The maximum Gasteiger partial charge on any atom is 0.418 e. The van der Waals surface area contributed by atoms with Crippen LogP contribution in [0.2, 0.25) is 0 Å². The third-order valence-corrected chi connectivity index (χ3v) is 2.96. The lowest BCUT2D eigenvalue weighted by atomic mass is 10.1. The van der Waals surface area contributed by atoms with Crippen molar-refractivity contribution < 1.29 is 13.2 Å². The van der Waals surface area contributed by atoms with Crippen molar-refractivity contribution in [2.75, 3.05) is 17.7 Å². The molecule has 1 atom stereocenters. The van der Waals surface area contributed by atoms with E-state index in [1.165, 1.54) is 12.1 Å². The predicted molar refractivity (Wildman–Crippen MR) is 64.0 cm³/mol. The van der Waals surface area contributed by atoms with Crippen LogP contribution in [0.1, 0.15) is 25.8 Å². The SMILES string of the molecule is CCC(C)N(C)c1ccc(N)cc1C(F)(F)F. The van der Waals surface area contributed by atoms with Crippen molar-refractivity contribution >= 4 is 11.4 Å². The number of anilines is 2. The van der Waals surface area contributed by atoms with Crippen molar-refractivity contribution in [3.8, 4) is 0 Å². The van der Waals surface area contributed by atoms with Crippen molar-refractivity contribution in [2.24, 2.45) is 0 Å². The lowest BCUT2D eigenvalue weighted by Crippen LogP contribution is -2.30. The third-order valence-electron chi connectivity index (χ3n) is 2.96. The summed E-state index contributed by atoms with van der Waals surface area (Å²) in [5.41, 5.74) is 5.03. The van der Waals surface area contributed by atoms with Crippen LogP contribution in [0.15, 0.2) is 18.2 Å². The van der Waals surface area contributed by atoms with E-state index in [0.29, 0.717) is 0 Å². The third kappa shape index (κ3) is 3.05. The molecule has 0 aliphatic heterocycles. The normalized spacial score (nSPS) is 13.5. The van der Waals surface area contributed by atoms with Crippen LogP contribution < -0.4 is 10.6 Å². The summed E-state index contributed by atoms with van der Waals surface area (Å²) in [6.07, 6.45) is -3.61. The fourth-order valence-corrected chi connectivity index (χ4v) is 1.60. The molecule has 2 nitrogen and oxygen atoms in total. The molecule has 1 aromatic carbocycles. The molecule has 0 saturated carbocycles. The zero-order chi connectivity index (χ0) is 13.2. The molecule has 96 valence electrons. The van der Waals surface area contributed by atoms with Gasteiger partial charge in [0.2, 0.25) is 0 Å². The van der Waals surface area contributed by atoms with Crippen LogP contribution in [-0.2, 0) is 6.18 Å². The molecule has 0 radical (unpaired) electrons. The first kappa shape index (κ1) is 13.7. The Morgan fingerprint density at radius 1 is 1.35 bits per heavy atom. The summed E-state index contributed by atoms with van der Waals surface area (Å²) in [4.78, 5) is 1.63. The Morgan fingerprint density at radius 2 is 1.94 bits per heavy atom. The second kappa shape index (κ2) is 4.85. The molecule has 1 rings (SSSR count). The van der Waals surface area contributed by atoms with Crippen LogP contribution in [0, 0.1) is 0 Å². The standard InChI is InChI=1S/C12H17F3N2/c1-4-8(2)17(3)11-6-5-9(16)7-10(11)12(13,14)15/h5-8H,4,16H2,1-3H3. The maximum absolute atomic E-state index is 12.9. The van der Waals surface area contributed by atoms with Crippen LogP contribution in [0.4, 0.5) is 24.5 Å². The average Bonchev–Trinajstić information content (AvgIpc) is 2.25. The Labute approximate surface area is 99.2 Å². The fraction of sp³-hybridized carbons (Fsp3) is 0.500. The fourth-order valence-electron chi connectivity index (χ4n) is 1.60. The molecule has 0 saturated heterocycles. The van der Waals surface area contributed by atoms with E-state index in [9.17, 15) is 13.2 Å². The number of hydrogen-bond acceptors (Lipinski definition) is 2. The summed E-state index contributed by atoms with van der Waals surface area (Å²) in [7, 11) is 1.66. The number of hydrogen-bond donors (Lipinski definition) is 1. The van der Waals surface area contributed by atoms with Gasteiger partial charge in [-0.1, -0.05) is 6.92 Å². The summed E-state index contributed by atoms with van der Waals surface area (Å²) in [5, 5.41) is 0. The molecule has 0 fully saturated rings. The summed E-state index contributed by atoms with van der Waals surface area (Å²) >= 11 is 0. The van der Waals surface area contributed by atoms with Gasteiger partial charge in [0.25, 0.3) is 0 Å². The van der Waals surface area contributed by atoms with Gasteiger partial charge in [-0.25, -0.2) is 0 Å². The number of nitrogen functional groups attached to an aromatic ring is 1. The molecule has 5 heteroatoms. The first-order valence-electron chi connectivity index (χ1n) is 5.47. The largest absolute Gasteiger partial charge is 0.418 e. The molecule has 0 aliphatic rings. The zero-order valence-electron chi connectivity index (χ0n) is 10.2. The quantitative estimate of drug-likeness (QED) is 0.827. The van der Waals surface area contributed by atoms with E-state index in [2.05, 4.69) is 0 Å². The van der Waals surface area contributed by atoms with Crippen LogP contribution in [0.25, 0.3) is 0 Å². The van der Waals surface area contributed by atoms with Gasteiger partial charge in [-0.2, -0.15) is 13.2 Å². The van der Waals surface area contributed by atoms with Crippen LogP contribution >= 0.6 is 0 Å². The highest BCUT2D eigenvalue weighted by Crippen LogP contribution is 2.38. The van der Waals surface area contributed by atoms with E-state index in [0.717, 1.165) is 12.5 Å². The zero-order valence-corrected chi connectivity index (χ0v) is 10.2. The number of benzene rings is 1. The molecular weight excluding hydrogens is 229 g/mol. The van der Waals surface area contributed by atoms with Gasteiger partial charge in [-0.05, 0) is 31.5 Å². The van der Waals surface area contributed by atoms with Crippen LogP contribution in [-0.4, -0.2) is 13.1 Å². The molecule has 0 spiro atoms. The van der Waals surface area contributed by atoms with E-state index >= 15 is 0 Å². The van der Waals surface area contributed by atoms with Crippen molar-refractivity contribution in [2.45, 2.75) is 32.5 Å². The van der Waals surface area contributed by atoms with Gasteiger partial charge < -0.3 is 10.6 Å². The topological polar surface area (TPSA) is 29.3 Å².